The number of piperidine rings is 4. The van der Waals surface area contributed by atoms with Crippen molar-refractivity contribution in [2.45, 2.75) is 140 Å². The van der Waals surface area contributed by atoms with Gasteiger partial charge in [-0.3, -0.25) is 9.59 Å². The Balaban J connectivity index is 0.000000172. The molecule has 82 heavy (non-hydrogen) atoms. The average Bonchev–Trinajstić information content (AvgIpc) is 3.64. The summed E-state index contributed by atoms with van der Waals surface area (Å²) in [6, 6.07) is 19.1. The molecular formula is C62H88N16O4. The van der Waals surface area contributed by atoms with Crippen LogP contribution in [0.3, 0.4) is 0 Å². The minimum Gasteiger partial charge on any atom is -0.364 e. The molecule has 12 rings (SSSR count). The predicted molar refractivity (Wildman–Crippen MR) is 321 cm³/mol. The molecule has 440 valence electrons. The summed E-state index contributed by atoms with van der Waals surface area (Å²) in [5, 5.41) is 6.63. The van der Waals surface area contributed by atoms with Gasteiger partial charge in [0.25, 0.3) is 11.8 Å². The number of nitrogens with one attached hydrogen (secondary N) is 2. The number of benzene rings is 2. The summed E-state index contributed by atoms with van der Waals surface area (Å²) < 4.78 is 0. The van der Waals surface area contributed by atoms with E-state index in [0.29, 0.717) is 36.4 Å². The van der Waals surface area contributed by atoms with Crippen LogP contribution in [0.25, 0.3) is 0 Å². The van der Waals surface area contributed by atoms with Gasteiger partial charge in [0.05, 0.1) is 24.5 Å². The van der Waals surface area contributed by atoms with Gasteiger partial charge in [0.2, 0.25) is 0 Å². The van der Waals surface area contributed by atoms with Gasteiger partial charge in [-0.1, -0.05) is 52.0 Å². The van der Waals surface area contributed by atoms with E-state index in [9.17, 15) is 19.2 Å². The van der Waals surface area contributed by atoms with Crippen molar-refractivity contribution in [2.24, 2.45) is 23.3 Å². The second kappa shape index (κ2) is 23.8. The number of primary amides is 2. The van der Waals surface area contributed by atoms with Crippen LogP contribution >= 0.6 is 0 Å². The van der Waals surface area contributed by atoms with E-state index in [-0.39, 0.29) is 46.4 Å². The van der Waals surface area contributed by atoms with E-state index in [1.807, 2.05) is 23.9 Å². The smallest absolute Gasteiger partial charge is 0.320 e. The van der Waals surface area contributed by atoms with E-state index in [0.717, 1.165) is 126 Å². The Labute approximate surface area is 484 Å². The quantitative estimate of drug-likeness (QED) is 0.0955. The third-order valence-corrected chi connectivity index (χ3v) is 20.0. The number of anilines is 6. The van der Waals surface area contributed by atoms with Gasteiger partial charge in [-0.05, 0) is 161 Å². The van der Waals surface area contributed by atoms with Crippen LogP contribution in [-0.2, 0) is 10.8 Å². The van der Waals surface area contributed by atoms with Gasteiger partial charge in [-0.15, -0.1) is 0 Å². The van der Waals surface area contributed by atoms with Gasteiger partial charge in [-0.25, -0.2) is 29.5 Å². The van der Waals surface area contributed by atoms with Crippen LogP contribution in [0.2, 0.25) is 0 Å². The molecule has 8 heterocycles. The van der Waals surface area contributed by atoms with Crippen LogP contribution in [-0.4, -0.2) is 190 Å². The van der Waals surface area contributed by atoms with E-state index in [4.69, 9.17) is 21.4 Å². The van der Waals surface area contributed by atoms with Gasteiger partial charge < -0.3 is 61.3 Å². The first-order chi connectivity index (χ1) is 39.4. The Morgan fingerprint density at radius 3 is 1.21 bits per heavy atom. The van der Waals surface area contributed by atoms with Gasteiger partial charge >= 0.3 is 12.1 Å². The highest BCUT2D eigenvalue weighted by Crippen LogP contribution is 2.42. The molecule has 2 atom stereocenters. The molecule has 2 saturated carbocycles. The lowest BCUT2D eigenvalue weighted by molar-refractivity contribution is 0.0490. The van der Waals surface area contributed by atoms with Crippen molar-refractivity contribution in [1.82, 2.24) is 49.3 Å². The van der Waals surface area contributed by atoms with E-state index in [2.05, 4.69) is 116 Å². The van der Waals surface area contributed by atoms with Gasteiger partial charge in [-0.2, -0.15) is 0 Å². The maximum Gasteiger partial charge on any atom is 0.320 e. The van der Waals surface area contributed by atoms with Crippen molar-refractivity contribution in [3.63, 3.8) is 0 Å². The molecule has 6 N–H and O–H groups in total. The first kappa shape index (κ1) is 57.0. The van der Waals surface area contributed by atoms with E-state index >= 15 is 0 Å². The number of carbonyl (C=O) groups is 4. The van der Waals surface area contributed by atoms with Crippen LogP contribution in [0.4, 0.5) is 44.2 Å². The number of aromatic nitrogens is 4. The van der Waals surface area contributed by atoms with Gasteiger partial charge in [0.1, 0.15) is 11.6 Å². The number of hydrogen-bond acceptors (Lipinski definition) is 14. The van der Waals surface area contributed by atoms with Crippen LogP contribution in [0.15, 0.2) is 60.9 Å². The Kier molecular flexibility index (Phi) is 16.6. The molecule has 6 amide bonds. The zero-order valence-corrected chi connectivity index (χ0v) is 49.4. The molecule has 6 aliphatic heterocycles. The zero-order chi connectivity index (χ0) is 57.5. The number of likely N-dealkylation sites (N-methyl/N-ethyl adjacent to an activating group) is 2. The van der Waals surface area contributed by atoms with E-state index in [1.165, 1.54) is 62.5 Å². The Morgan fingerprint density at radius 2 is 0.890 bits per heavy atom. The molecular weight excluding hydrogens is 1030 g/mol. The number of carbonyl (C=O) groups excluding carboxylic acids is 4. The highest BCUT2D eigenvalue weighted by Gasteiger charge is 2.41. The van der Waals surface area contributed by atoms with Crippen molar-refractivity contribution < 1.29 is 19.2 Å². The monoisotopic (exact) mass is 1120 g/mol. The Morgan fingerprint density at radius 1 is 0.524 bits per heavy atom. The lowest BCUT2D eigenvalue weighted by Crippen LogP contribution is -2.50. The average molecular weight is 1120 g/mol. The van der Waals surface area contributed by atoms with Crippen molar-refractivity contribution >= 4 is 58.5 Å². The summed E-state index contributed by atoms with van der Waals surface area (Å²) in [4.78, 5) is 85.2. The summed E-state index contributed by atoms with van der Waals surface area (Å²) in [7, 11) is 3.70. The maximum atomic E-state index is 12.6. The van der Waals surface area contributed by atoms with Crippen molar-refractivity contribution in [3.8, 4) is 0 Å². The standard InChI is InChI=1S/2C31H44N8O2/c2*1-21-17-25(18-21)37-13-10-31(2,11-14-37)22-6-8-23(9-7-22)34-29-27(28(32)40)33-19-26(35-29)38-12-4-5-24(20-38)39-16-15-36(3)30(39)41/h2*6-9,19,21,24-25H,4-5,10-18,20H2,1-3H3,(H2,32,40)(H,34,35)/t2*21?,24-,25?/m11/s1. The number of amides is 6. The highest BCUT2D eigenvalue weighted by atomic mass is 16.2. The molecule has 0 radical (unpaired) electrons. The molecule has 0 unspecified atom stereocenters. The summed E-state index contributed by atoms with van der Waals surface area (Å²) in [6.45, 7) is 20.2. The van der Waals surface area contributed by atoms with Crippen LogP contribution in [0, 0.1) is 11.8 Å². The Bertz CT molecular complexity index is 2740. The molecule has 4 aromatic rings. The second-order valence-corrected chi connectivity index (χ2v) is 25.9. The number of hydrogen-bond donors (Lipinski definition) is 4. The summed E-state index contributed by atoms with van der Waals surface area (Å²) in [5.74, 6) is 2.60. The lowest BCUT2D eigenvalue weighted by Gasteiger charge is -2.47. The lowest BCUT2D eigenvalue weighted by atomic mass is 9.72. The highest BCUT2D eigenvalue weighted by molar-refractivity contribution is 5.97. The van der Waals surface area contributed by atoms with Gasteiger partial charge in [0.15, 0.2) is 23.0 Å². The fraction of sp³-hybridized carbons (Fsp3) is 0.613. The van der Waals surface area contributed by atoms with Gasteiger partial charge in [0, 0.05) is 89.9 Å². The summed E-state index contributed by atoms with van der Waals surface area (Å²) in [5.41, 5.74) is 16.3. The summed E-state index contributed by atoms with van der Waals surface area (Å²) >= 11 is 0. The van der Waals surface area contributed by atoms with E-state index in [1.54, 1.807) is 22.2 Å². The number of rotatable bonds is 14. The van der Waals surface area contributed by atoms with Crippen LogP contribution in [0.5, 0.6) is 0 Å². The number of urea groups is 2. The zero-order valence-electron chi connectivity index (χ0n) is 49.4. The molecule has 2 aromatic heterocycles. The minimum absolute atomic E-state index is 0.0882. The largest absolute Gasteiger partial charge is 0.364 e. The predicted octanol–water partition coefficient (Wildman–Crippen LogP) is 7.61. The molecule has 2 aliphatic carbocycles. The molecule has 8 fully saturated rings. The van der Waals surface area contributed by atoms with E-state index < -0.39 is 11.8 Å². The first-order valence-corrected chi connectivity index (χ1v) is 30.5. The molecule has 2 aromatic carbocycles. The molecule has 20 heteroatoms. The normalized spacial score (nSPS) is 26.7. The fourth-order valence-electron chi connectivity index (χ4n) is 14.3. The van der Waals surface area contributed by atoms with Crippen molar-refractivity contribution in [1.29, 1.82) is 0 Å². The molecule has 0 bridgehead atoms. The fourth-order valence-corrected chi connectivity index (χ4v) is 14.3. The third-order valence-electron chi connectivity index (χ3n) is 20.0. The number of nitrogens with zero attached hydrogens (tertiary/aromatic N) is 12. The van der Waals surface area contributed by atoms with Crippen LogP contribution < -0.4 is 31.9 Å². The maximum absolute atomic E-state index is 12.6. The minimum atomic E-state index is -0.620. The molecule has 8 aliphatic rings. The molecule has 6 saturated heterocycles. The SMILES string of the molecule is CC1CC(N2CCC(C)(c3ccc(Nc4nc(N5CCC[C@@H](N6CCN(C)C6=O)C5)cnc4C(N)=O)cc3)CC2)C1.CC1CC(N2CCC(C)(c3ccc(Nc4nc(N5CCC[C@@H](N6CCN(C)C6=O)C5)cnc4C(N)=O)cc3)CC2)C1. The number of likely N-dealkylation sites (tertiary alicyclic amines) is 2. The second-order valence-electron chi connectivity index (χ2n) is 25.9. The first-order valence-electron chi connectivity index (χ1n) is 30.5. The number of nitrogens with two attached hydrogens (primary N) is 2. The third kappa shape index (κ3) is 12.2. The van der Waals surface area contributed by atoms with Crippen LogP contribution in [0.1, 0.15) is 137 Å². The molecule has 0 spiro atoms. The van der Waals surface area contributed by atoms with Crippen molar-refractivity contribution in [2.75, 3.05) is 113 Å². The summed E-state index contributed by atoms with van der Waals surface area (Å²) in [6.07, 6.45) is 17.2. The molecule has 20 nitrogen and oxygen atoms in total. The topological polar surface area (TPSA) is 222 Å². The van der Waals surface area contributed by atoms with Crippen molar-refractivity contribution in [3.05, 3.63) is 83.4 Å². The Hall–Kier alpha value is -6.80.